The minimum atomic E-state index is -0.194. The summed E-state index contributed by atoms with van der Waals surface area (Å²) in [5.41, 5.74) is 5.99. The highest BCUT2D eigenvalue weighted by Gasteiger charge is 2.23. The first-order valence-corrected chi connectivity index (χ1v) is 15.0. The highest BCUT2D eigenvalue weighted by atomic mass is 16.5. The molecule has 7 nitrogen and oxygen atoms in total. The fourth-order valence-corrected chi connectivity index (χ4v) is 5.37. The molecule has 1 N–H and O–H groups in total. The number of anilines is 1. The van der Waals surface area contributed by atoms with Crippen LogP contribution in [0.25, 0.3) is 10.9 Å². The summed E-state index contributed by atoms with van der Waals surface area (Å²) in [6, 6.07) is 33.6. The Labute approximate surface area is 259 Å². The fourth-order valence-electron chi connectivity index (χ4n) is 5.37. The van der Waals surface area contributed by atoms with Crippen molar-refractivity contribution in [2.75, 3.05) is 45.7 Å². The molecular formula is C37H40N4O3. The summed E-state index contributed by atoms with van der Waals surface area (Å²) in [5, 5.41) is 1.16. The molecule has 5 aromatic rings. The van der Waals surface area contributed by atoms with Crippen molar-refractivity contribution in [3.63, 3.8) is 0 Å². The van der Waals surface area contributed by atoms with Crippen LogP contribution in [0, 0.1) is 0 Å². The molecule has 0 radical (unpaired) electrons. The number of hydrogen-bond acceptors (Lipinski definition) is 4. The molecule has 4 aromatic carbocycles. The number of methoxy groups -OCH3 is 1. The van der Waals surface area contributed by atoms with Gasteiger partial charge in [-0.3, -0.25) is 9.59 Å². The van der Waals surface area contributed by atoms with E-state index in [2.05, 4.69) is 46.3 Å². The summed E-state index contributed by atoms with van der Waals surface area (Å²) >= 11 is 0. The predicted octanol–water partition coefficient (Wildman–Crippen LogP) is 6.20. The maximum Gasteiger partial charge on any atom is 0.254 e. The number of H-pyrrole nitrogens is 1. The van der Waals surface area contributed by atoms with Gasteiger partial charge in [0, 0.05) is 62.1 Å². The van der Waals surface area contributed by atoms with E-state index in [0.717, 1.165) is 33.3 Å². The molecular weight excluding hydrogens is 548 g/mol. The second-order valence-corrected chi connectivity index (χ2v) is 11.2. The summed E-state index contributed by atoms with van der Waals surface area (Å²) in [5.74, 6) is 0.317. The third-order valence-corrected chi connectivity index (χ3v) is 7.95. The standard InChI is InChI=1S/C37H40N4O3/c1-39(2)32-18-16-29(17-19-32)26-40(23-21-31-25-38-35-15-8-7-14-34(31)35)36(42)27-41(22-20-28-10-5-4-6-11-28)37(43)30-12-9-13-33(24-30)44-3/h4-19,24-25,38H,20-23,26-27H2,1-3H3. The van der Waals surface area contributed by atoms with Gasteiger partial charge in [-0.05, 0) is 65.9 Å². The highest BCUT2D eigenvalue weighted by molar-refractivity contribution is 5.97. The second-order valence-electron chi connectivity index (χ2n) is 11.2. The average molecular weight is 589 g/mol. The smallest absolute Gasteiger partial charge is 0.254 e. The van der Waals surface area contributed by atoms with Crippen molar-refractivity contribution in [2.45, 2.75) is 19.4 Å². The lowest BCUT2D eigenvalue weighted by molar-refractivity contribution is -0.132. The Balaban J connectivity index is 1.39. The van der Waals surface area contributed by atoms with Crippen LogP contribution >= 0.6 is 0 Å². The number of aromatic nitrogens is 1. The number of benzene rings is 4. The van der Waals surface area contributed by atoms with Crippen molar-refractivity contribution in [3.05, 3.63) is 132 Å². The lowest BCUT2D eigenvalue weighted by Gasteiger charge is -2.28. The van der Waals surface area contributed by atoms with E-state index in [1.54, 1.807) is 30.2 Å². The number of hydrogen-bond donors (Lipinski definition) is 1. The molecule has 1 heterocycles. The van der Waals surface area contributed by atoms with Gasteiger partial charge in [-0.2, -0.15) is 0 Å². The molecule has 1 aromatic heterocycles. The van der Waals surface area contributed by atoms with Crippen molar-refractivity contribution in [2.24, 2.45) is 0 Å². The van der Waals surface area contributed by atoms with Crippen molar-refractivity contribution in [1.29, 1.82) is 0 Å². The van der Waals surface area contributed by atoms with Crippen LogP contribution in [-0.2, 0) is 24.2 Å². The fraction of sp³-hybridized carbons (Fsp3) is 0.243. The number of amides is 2. The number of ether oxygens (including phenoxy) is 1. The van der Waals surface area contributed by atoms with E-state index in [1.165, 1.54) is 0 Å². The molecule has 0 saturated carbocycles. The van der Waals surface area contributed by atoms with E-state index < -0.39 is 0 Å². The van der Waals surface area contributed by atoms with E-state index in [0.29, 0.717) is 43.8 Å². The molecule has 0 aliphatic carbocycles. The van der Waals surface area contributed by atoms with E-state index in [9.17, 15) is 9.59 Å². The van der Waals surface area contributed by atoms with Crippen molar-refractivity contribution >= 4 is 28.4 Å². The van der Waals surface area contributed by atoms with Gasteiger partial charge in [-0.15, -0.1) is 0 Å². The largest absolute Gasteiger partial charge is 0.497 e. The van der Waals surface area contributed by atoms with E-state index in [-0.39, 0.29) is 18.4 Å². The summed E-state index contributed by atoms with van der Waals surface area (Å²) in [6.07, 6.45) is 3.36. The minimum Gasteiger partial charge on any atom is -0.497 e. The molecule has 226 valence electrons. The van der Waals surface area contributed by atoms with E-state index in [1.807, 2.05) is 73.7 Å². The quantitative estimate of drug-likeness (QED) is 0.178. The Bertz CT molecular complexity index is 1680. The van der Waals surface area contributed by atoms with Crippen LogP contribution in [0.3, 0.4) is 0 Å². The van der Waals surface area contributed by atoms with Crippen LogP contribution in [0.4, 0.5) is 5.69 Å². The zero-order valence-corrected chi connectivity index (χ0v) is 25.7. The Morgan fingerprint density at radius 3 is 2.23 bits per heavy atom. The third kappa shape index (κ3) is 7.67. The van der Waals surface area contributed by atoms with Gasteiger partial charge in [-0.1, -0.05) is 66.7 Å². The van der Waals surface area contributed by atoms with Gasteiger partial charge >= 0.3 is 0 Å². The van der Waals surface area contributed by atoms with Crippen LogP contribution in [0.1, 0.15) is 27.0 Å². The summed E-state index contributed by atoms with van der Waals surface area (Å²) in [7, 11) is 5.60. The highest BCUT2D eigenvalue weighted by Crippen LogP contribution is 2.20. The predicted molar refractivity (Wildman–Crippen MR) is 177 cm³/mol. The first-order chi connectivity index (χ1) is 21.4. The molecule has 5 rings (SSSR count). The van der Waals surface area contributed by atoms with Crippen molar-refractivity contribution < 1.29 is 14.3 Å². The number of nitrogens with one attached hydrogen (secondary N) is 1. The zero-order chi connectivity index (χ0) is 30.9. The number of nitrogens with zero attached hydrogens (tertiary/aromatic N) is 3. The van der Waals surface area contributed by atoms with Gasteiger partial charge in [-0.25, -0.2) is 0 Å². The molecule has 7 heteroatoms. The topological polar surface area (TPSA) is 68.9 Å². The Kier molecular flexibility index (Phi) is 9.97. The monoisotopic (exact) mass is 588 g/mol. The van der Waals surface area contributed by atoms with Gasteiger partial charge in [0.25, 0.3) is 5.91 Å². The SMILES string of the molecule is COc1cccc(C(=O)N(CCc2ccccc2)CC(=O)N(CCc2c[nH]c3ccccc23)Cc2ccc(N(C)C)cc2)c1. The number of aromatic amines is 1. The Morgan fingerprint density at radius 2 is 1.48 bits per heavy atom. The van der Waals surface area contributed by atoms with Crippen LogP contribution in [0.2, 0.25) is 0 Å². The Morgan fingerprint density at radius 1 is 0.750 bits per heavy atom. The summed E-state index contributed by atoms with van der Waals surface area (Å²) in [4.78, 5) is 36.9. The number of carbonyl (C=O) groups excluding carboxylic acids is 2. The van der Waals surface area contributed by atoms with Crippen molar-refractivity contribution in [3.8, 4) is 5.75 Å². The second kappa shape index (κ2) is 14.4. The molecule has 2 amide bonds. The molecule has 0 saturated heterocycles. The normalized spacial score (nSPS) is 10.9. The maximum absolute atomic E-state index is 14.1. The zero-order valence-electron chi connectivity index (χ0n) is 25.7. The molecule has 0 fully saturated rings. The van der Waals surface area contributed by atoms with E-state index >= 15 is 0 Å². The number of rotatable bonds is 13. The summed E-state index contributed by atoms with van der Waals surface area (Å²) in [6.45, 7) is 1.37. The molecule has 44 heavy (non-hydrogen) atoms. The molecule has 0 spiro atoms. The van der Waals surface area contributed by atoms with E-state index in [4.69, 9.17) is 4.74 Å². The molecule has 0 aliphatic heterocycles. The average Bonchev–Trinajstić information content (AvgIpc) is 3.48. The van der Waals surface area contributed by atoms with Gasteiger partial charge < -0.3 is 24.4 Å². The van der Waals surface area contributed by atoms with Gasteiger partial charge in [0.05, 0.1) is 7.11 Å². The van der Waals surface area contributed by atoms with Gasteiger partial charge in [0.1, 0.15) is 12.3 Å². The molecule has 0 bridgehead atoms. The van der Waals surface area contributed by atoms with Crippen LogP contribution in [-0.4, -0.2) is 67.4 Å². The molecule has 0 atom stereocenters. The lowest BCUT2D eigenvalue weighted by Crippen LogP contribution is -2.44. The third-order valence-electron chi connectivity index (χ3n) is 7.95. The van der Waals surface area contributed by atoms with Gasteiger partial charge in [0.2, 0.25) is 5.91 Å². The first kappa shape index (κ1) is 30.4. The van der Waals surface area contributed by atoms with Crippen LogP contribution in [0.15, 0.2) is 109 Å². The minimum absolute atomic E-state index is 0.0213. The van der Waals surface area contributed by atoms with Crippen molar-refractivity contribution in [1.82, 2.24) is 14.8 Å². The molecule has 0 aliphatic rings. The number of carbonyl (C=O) groups is 2. The van der Waals surface area contributed by atoms with Gasteiger partial charge in [0.15, 0.2) is 0 Å². The van der Waals surface area contributed by atoms with Crippen LogP contribution < -0.4 is 9.64 Å². The maximum atomic E-state index is 14.1. The number of para-hydroxylation sites is 1. The lowest BCUT2D eigenvalue weighted by atomic mass is 10.1. The number of fused-ring (bicyclic) bond motifs is 1. The first-order valence-electron chi connectivity index (χ1n) is 15.0. The molecule has 0 unspecified atom stereocenters. The van der Waals surface area contributed by atoms with Crippen LogP contribution in [0.5, 0.6) is 5.75 Å². The summed E-state index contributed by atoms with van der Waals surface area (Å²) < 4.78 is 5.37. The Hall–Kier alpha value is -5.04.